The fourth-order valence-electron chi connectivity index (χ4n) is 2.23. The Bertz CT molecular complexity index is 709. The Morgan fingerprint density at radius 2 is 2.10 bits per heavy atom. The summed E-state index contributed by atoms with van der Waals surface area (Å²) >= 11 is 0. The Balaban J connectivity index is 2.43. The number of sulfonamides is 1. The van der Waals surface area contributed by atoms with Crippen LogP contribution in [-0.2, 0) is 10.0 Å². The fourth-order valence-corrected chi connectivity index (χ4v) is 3.69. The van der Waals surface area contributed by atoms with E-state index in [9.17, 15) is 8.42 Å². The molecule has 21 heavy (non-hydrogen) atoms. The van der Waals surface area contributed by atoms with E-state index in [0.717, 1.165) is 19.3 Å². The molecule has 2 aromatic heterocycles. The van der Waals surface area contributed by atoms with E-state index in [1.165, 1.54) is 4.31 Å². The van der Waals surface area contributed by atoms with Crippen LogP contribution in [0.15, 0.2) is 29.4 Å². The molecule has 0 spiro atoms. The molecule has 0 saturated carbocycles. The van der Waals surface area contributed by atoms with Crippen LogP contribution in [0.4, 0.5) is 5.82 Å². The molecular formula is C14H22N4O2S. The Kier molecular flexibility index (Phi) is 4.84. The van der Waals surface area contributed by atoms with Gasteiger partial charge in [-0.2, -0.15) is 4.31 Å². The number of anilines is 1. The van der Waals surface area contributed by atoms with E-state index >= 15 is 0 Å². The molecule has 0 fully saturated rings. The van der Waals surface area contributed by atoms with Crippen LogP contribution in [0.1, 0.15) is 26.2 Å². The SMILES string of the molecule is CCCCCN(C)S(=O)(=O)c1c(NC)nc2ccccn12. The molecule has 6 nitrogen and oxygen atoms in total. The van der Waals surface area contributed by atoms with E-state index in [1.54, 1.807) is 36.8 Å². The number of hydrogen-bond acceptors (Lipinski definition) is 4. The van der Waals surface area contributed by atoms with Crippen LogP contribution in [-0.4, -0.2) is 42.7 Å². The van der Waals surface area contributed by atoms with Crippen molar-refractivity contribution in [2.75, 3.05) is 26.0 Å². The number of imidazole rings is 1. The number of aromatic nitrogens is 2. The summed E-state index contributed by atoms with van der Waals surface area (Å²) in [5.74, 6) is 0.378. The number of nitrogens with zero attached hydrogens (tertiary/aromatic N) is 3. The highest BCUT2D eigenvalue weighted by Crippen LogP contribution is 2.25. The molecule has 2 aromatic rings. The van der Waals surface area contributed by atoms with E-state index in [2.05, 4.69) is 17.2 Å². The lowest BCUT2D eigenvalue weighted by atomic mass is 10.2. The first-order valence-electron chi connectivity index (χ1n) is 7.13. The summed E-state index contributed by atoms with van der Waals surface area (Å²) in [4.78, 5) is 4.32. The van der Waals surface area contributed by atoms with E-state index in [0.29, 0.717) is 18.0 Å². The number of nitrogens with one attached hydrogen (secondary N) is 1. The van der Waals surface area contributed by atoms with Crippen LogP contribution >= 0.6 is 0 Å². The fraction of sp³-hybridized carbons (Fsp3) is 0.500. The first-order chi connectivity index (χ1) is 10.0. The van der Waals surface area contributed by atoms with Crippen molar-refractivity contribution in [1.29, 1.82) is 0 Å². The second kappa shape index (κ2) is 6.44. The molecule has 0 aliphatic carbocycles. The van der Waals surface area contributed by atoms with Gasteiger partial charge in [0.05, 0.1) is 0 Å². The molecule has 2 heterocycles. The molecule has 1 N–H and O–H groups in total. The van der Waals surface area contributed by atoms with Crippen molar-refractivity contribution in [3.05, 3.63) is 24.4 Å². The minimum Gasteiger partial charge on any atom is -0.371 e. The van der Waals surface area contributed by atoms with Gasteiger partial charge < -0.3 is 5.32 Å². The highest BCUT2D eigenvalue weighted by atomic mass is 32.2. The number of unbranched alkanes of at least 4 members (excludes halogenated alkanes) is 2. The number of pyridine rings is 1. The second-order valence-electron chi connectivity index (χ2n) is 4.98. The maximum absolute atomic E-state index is 12.8. The molecule has 0 saturated heterocycles. The van der Waals surface area contributed by atoms with E-state index < -0.39 is 10.0 Å². The van der Waals surface area contributed by atoms with Crippen LogP contribution in [0.5, 0.6) is 0 Å². The summed E-state index contributed by atoms with van der Waals surface area (Å²) in [6.45, 7) is 2.61. The first-order valence-corrected chi connectivity index (χ1v) is 8.57. The highest BCUT2D eigenvalue weighted by molar-refractivity contribution is 7.89. The Labute approximate surface area is 125 Å². The first kappa shape index (κ1) is 15.8. The second-order valence-corrected chi connectivity index (χ2v) is 6.94. The Morgan fingerprint density at radius 1 is 1.33 bits per heavy atom. The van der Waals surface area contributed by atoms with Gasteiger partial charge in [0.25, 0.3) is 10.0 Å². The van der Waals surface area contributed by atoms with Gasteiger partial charge in [-0.3, -0.25) is 4.40 Å². The van der Waals surface area contributed by atoms with Crippen molar-refractivity contribution in [1.82, 2.24) is 13.7 Å². The topological polar surface area (TPSA) is 66.7 Å². The maximum atomic E-state index is 12.8. The molecule has 116 valence electrons. The van der Waals surface area contributed by atoms with Crippen LogP contribution in [0.25, 0.3) is 5.65 Å². The van der Waals surface area contributed by atoms with Crippen LogP contribution in [0.3, 0.4) is 0 Å². The van der Waals surface area contributed by atoms with Gasteiger partial charge in [0.1, 0.15) is 5.65 Å². The van der Waals surface area contributed by atoms with Crippen molar-refractivity contribution >= 4 is 21.5 Å². The van der Waals surface area contributed by atoms with Gasteiger partial charge in [0.15, 0.2) is 10.8 Å². The van der Waals surface area contributed by atoms with Crippen molar-refractivity contribution < 1.29 is 8.42 Å². The van der Waals surface area contributed by atoms with E-state index in [4.69, 9.17) is 0 Å². The Hall–Kier alpha value is -1.60. The van der Waals surface area contributed by atoms with Gasteiger partial charge in [0.2, 0.25) is 0 Å². The monoisotopic (exact) mass is 310 g/mol. The van der Waals surface area contributed by atoms with Gasteiger partial charge in [-0.05, 0) is 18.6 Å². The number of fused-ring (bicyclic) bond motifs is 1. The Morgan fingerprint density at radius 3 is 2.76 bits per heavy atom. The summed E-state index contributed by atoms with van der Waals surface area (Å²) < 4.78 is 28.6. The third-order valence-corrected chi connectivity index (χ3v) is 5.34. The molecule has 0 aromatic carbocycles. The lowest BCUT2D eigenvalue weighted by Crippen LogP contribution is -2.29. The number of hydrogen-bond donors (Lipinski definition) is 1. The van der Waals surface area contributed by atoms with E-state index in [1.807, 2.05) is 6.07 Å². The maximum Gasteiger partial charge on any atom is 0.262 e. The molecule has 0 aliphatic rings. The molecule has 0 bridgehead atoms. The minimum absolute atomic E-state index is 0.194. The van der Waals surface area contributed by atoms with Gasteiger partial charge in [0, 0.05) is 26.8 Å². The summed E-state index contributed by atoms with van der Waals surface area (Å²) in [6.07, 6.45) is 4.66. The van der Waals surface area contributed by atoms with Crippen molar-refractivity contribution in [3.63, 3.8) is 0 Å². The molecule has 0 amide bonds. The quantitative estimate of drug-likeness (QED) is 0.796. The normalized spacial score (nSPS) is 12.2. The van der Waals surface area contributed by atoms with Gasteiger partial charge in [-0.15, -0.1) is 0 Å². The highest BCUT2D eigenvalue weighted by Gasteiger charge is 2.28. The average Bonchev–Trinajstić information content (AvgIpc) is 2.86. The molecule has 7 heteroatoms. The average molecular weight is 310 g/mol. The lowest BCUT2D eigenvalue weighted by molar-refractivity contribution is 0.451. The summed E-state index contributed by atoms with van der Waals surface area (Å²) in [5.41, 5.74) is 0.613. The zero-order valence-corrected chi connectivity index (χ0v) is 13.5. The number of rotatable bonds is 7. The van der Waals surface area contributed by atoms with Gasteiger partial charge in [-0.1, -0.05) is 25.8 Å². The molecular weight excluding hydrogens is 288 g/mol. The van der Waals surface area contributed by atoms with Crippen LogP contribution in [0, 0.1) is 0 Å². The van der Waals surface area contributed by atoms with E-state index in [-0.39, 0.29) is 5.03 Å². The van der Waals surface area contributed by atoms with Crippen molar-refractivity contribution in [2.24, 2.45) is 0 Å². The van der Waals surface area contributed by atoms with Crippen LogP contribution < -0.4 is 5.32 Å². The molecule has 0 radical (unpaired) electrons. The summed E-state index contributed by atoms with van der Waals surface area (Å²) in [7, 11) is -0.278. The van der Waals surface area contributed by atoms with Crippen molar-refractivity contribution in [2.45, 2.75) is 31.2 Å². The third-order valence-electron chi connectivity index (χ3n) is 3.45. The standard InChI is InChI=1S/C14H22N4O2S/c1-4-5-7-10-17(3)21(19,20)14-13(15-2)16-12-9-6-8-11-18(12)14/h6,8-9,11,15H,4-5,7,10H2,1-3H3. The van der Waals surface area contributed by atoms with Gasteiger partial charge >= 0.3 is 0 Å². The lowest BCUT2D eigenvalue weighted by Gasteiger charge is -2.17. The zero-order chi connectivity index (χ0) is 15.5. The van der Waals surface area contributed by atoms with Gasteiger partial charge in [-0.25, -0.2) is 13.4 Å². The smallest absolute Gasteiger partial charge is 0.262 e. The predicted octanol–water partition coefficient (Wildman–Crippen LogP) is 2.19. The summed E-state index contributed by atoms with van der Waals surface area (Å²) in [5, 5.41) is 3.07. The van der Waals surface area contributed by atoms with Crippen LogP contribution in [0.2, 0.25) is 0 Å². The molecule has 2 rings (SSSR count). The zero-order valence-electron chi connectivity index (χ0n) is 12.7. The molecule has 0 atom stereocenters. The predicted molar refractivity (Wildman–Crippen MR) is 84.1 cm³/mol. The molecule has 0 aliphatic heterocycles. The largest absolute Gasteiger partial charge is 0.371 e. The molecule has 0 unspecified atom stereocenters. The summed E-state index contributed by atoms with van der Waals surface area (Å²) in [6, 6.07) is 5.42. The third kappa shape index (κ3) is 3.03. The van der Waals surface area contributed by atoms with Crippen molar-refractivity contribution in [3.8, 4) is 0 Å². The minimum atomic E-state index is -3.57.